The quantitative estimate of drug-likeness (QED) is 0.209. The number of benzene rings is 3. The Hall–Kier alpha value is -5.20. The second-order valence-corrected chi connectivity index (χ2v) is 12.6. The third-order valence-corrected chi connectivity index (χ3v) is 8.00. The van der Waals surface area contributed by atoms with Gasteiger partial charge >= 0.3 is 12.3 Å². The molecule has 2 heterocycles. The Morgan fingerprint density at radius 3 is 2.28 bits per heavy atom. The van der Waals surface area contributed by atoms with E-state index in [0.29, 0.717) is 41.4 Å². The highest BCUT2D eigenvalue weighted by molar-refractivity contribution is 6.04. The van der Waals surface area contributed by atoms with E-state index in [1.165, 1.54) is 35.0 Å². The Kier molecular flexibility index (Phi) is 7.81. The zero-order chi connectivity index (χ0) is 33.7. The zero-order valence-corrected chi connectivity index (χ0v) is 25.6. The van der Waals surface area contributed by atoms with Crippen molar-refractivity contribution < 1.29 is 36.7 Å². The van der Waals surface area contributed by atoms with E-state index in [0.717, 1.165) is 12.1 Å². The Morgan fingerprint density at radius 1 is 0.979 bits per heavy atom. The fourth-order valence-electron chi connectivity index (χ4n) is 5.75. The minimum atomic E-state index is -4.69. The van der Waals surface area contributed by atoms with Gasteiger partial charge in [-0.3, -0.25) is 9.59 Å². The first-order chi connectivity index (χ1) is 22.1. The summed E-state index contributed by atoms with van der Waals surface area (Å²) in [5.74, 6) is -2.84. The van der Waals surface area contributed by atoms with Crippen LogP contribution >= 0.6 is 0 Å². The molecule has 0 bridgehead atoms. The molecule has 47 heavy (non-hydrogen) atoms. The van der Waals surface area contributed by atoms with Gasteiger partial charge in [0.2, 0.25) is 5.91 Å². The van der Waals surface area contributed by atoms with E-state index < -0.39 is 58.6 Å². The Bertz CT molecular complexity index is 1840. The predicted octanol–water partition coefficient (Wildman–Crippen LogP) is 6.43. The van der Waals surface area contributed by atoms with Crippen LogP contribution in [0.15, 0.2) is 78.9 Å². The van der Waals surface area contributed by atoms with Crippen molar-refractivity contribution >= 4 is 23.7 Å². The fraction of sp³-hybridized carbons (Fsp3) is 0.294. The first-order valence-electron chi connectivity index (χ1n) is 14.9. The lowest BCUT2D eigenvalue weighted by Gasteiger charge is -2.34. The Labute approximate surface area is 267 Å². The van der Waals surface area contributed by atoms with Crippen molar-refractivity contribution in [3.05, 3.63) is 113 Å². The lowest BCUT2D eigenvalue weighted by atomic mass is 9.80. The van der Waals surface area contributed by atoms with Gasteiger partial charge in [-0.2, -0.15) is 18.3 Å². The van der Waals surface area contributed by atoms with Crippen molar-refractivity contribution in [1.29, 1.82) is 0 Å². The molecule has 3 aromatic carbocycles. The van der Waals surface area contributed by atoms with E-state index in [1.807, 2.05) is 6.07 Å². The average molecular weight is 650 g/mol. The zero-order valence-electron chi connectivity index (χ0n) is 25.6. The molecule has 4 aromatic rings. The number of ether oxygens (including phenoxy) is 1. The Morgan fingerprint density at radius 2 is 1.66 bits per heavy atom. The van der Waals surface area contributed by atoms with Crippen molar-refractivity contribution in [2.24, 2.45) is 0 Å². The molecule has 6 rings (SSSR count). The molecule has 3 N–H and O–H groups in total. The van der Waals surface area contributed by atoms with Gasteiger partial charge in [-0.05, 0) is 81.6 Å². The number of anilines is 1. The van der Waals surface area contributed by atoms with Crippen molar-refractivity contribution in [1.82, 2.24) is 20.4 Å². The van der Waals surface area contributed by atoms with Gasteiger partial charge in [0.05, 0.1) is 22.5 Å². The van der Waals surface area contributed by atoms with Gasteiger partial charge < -0.3 is 20.7 Å². The molecule has 3 amide bonds. The number of hydrogen-bond acceptors (Lipinski definition) is 5. The summed E-state index contributed by atoms with van der Waals surface area (Å²) in [6.07, 6.45) is -4.40. The van der Waals surface area contributed by atoms with Crippen LogP contribution < -0.4 is 16.0 Å². The van der Waals surface area contributed by atoms with Crippen LogP contribution in [0.2, 0.25) is 0 Å². The normalized spacial score (nSPS) is 18.5. The number of carbonyl (C=O) groups is 3. The fourth-order valence-corrected chi connectivity index (χ4v) is 5.75. The lowest BCUT2D eigenvalue weighted by Crippen LogP contribution is -2.51. The van der Waals surface area contributed by atoms with Crippen LogP contribution in [0.5, 0.6) is 0 Å². The first kappa shape index (κ1) is 31.8. The summed E-state index contributed by atoms with van der Waals surface area (Å²) in [6, 6.07) is 16.8. The number of hydrogen-bond donors (Lipinski definition) is 3. The molecule has 9 nitrogen and oxygen atoms in total. The maximum absolute atomic E-state index is 14.2. The Balaban J connectivity index is 1.49. The molecule has 0 saturated heterocycles. The minimum Gasteiger partial charge on any atom is -0.444 e. The molecule has 1 aromatic heterocycles. The maximum atomic E-state index is 14.2. The van der Waals surface area contributed by atoms with Crippen LogP contribution in [0.3, 0.4) is 0 Å². The average Bonchev–Trinajstić information content (AvgIpc) is 3.68. The summed E-state index contributed by atoms with van der Waals surface area (Å²) in [7, 11) is 0. The van der Waals surface area contributed by atoms with Crippen LogP contribution in [-0.4, -0.2) is 39.3 Å². The monoisotopic (exact) mass is 649 g/mol. The highest BCUT2D eigenvalue weighted by Crippen LogP contribution is 2.52. The third kappa shape index (κ3) is 6.42. The molecule has 2 aliphatic rings. The van der Waals surface area contributed by atoms with E-state index >= 15 is 0 Å². The third-order valence-electron chi connectivity index (χ3n) is 8.00. The first-order valence-corrected chi connectivity index (χ1v) is 14.9. The summed E-state index contributed by atoms with van der Waals surface area (Å²) in [6.45, 7) is 5.20. The van der Waals surface area contributed by atoms with Crippen molar-refractivity contribution in [3.8, 4) is 5.69 Å². The number of carbonyl (C=O) groups excluding carboxylic acids is 3. The van der Waals surface area contributed by atoms with E-state index in [2.05, 4.69) is 16.0 Å². The second kappa shape index (κ2) is 11.6. The lowest BCUT2D eigenvalue weighted by molar-refractivity contribution is -0.137. The molecule has 2 atom stereocenters. The van der Waals surface area contributed by atoms with Crippen molar-refractivity contribution in [3.63, 3.8) is 0 Å². The molecule has 1 aliphatic carbocycles. The van der Waals surface area contributed by atoms with E-state index in [9.17, 15) is 31.9 Å². The van der Waals surface area contributed by atoms with Gasteiger partial charge in [-0.25, -0.2) is 13.9 Å². The largest absolute Gasteiger partial charge is 0.444 e. The summed E-state index contributed by atoms with van der Waals surface area (Å²) in [5, 5.41) is 13.3. The second-order valence-electron chi connectivity index (χ2n) is 12.6. The van der Waals surface area contributed by atoms with Crippen LogP contribution in [0, 0.1) is 5.82 Å². The molecule has 0 radical (unpaired) electrons. The molecular formula is C34H31F4N5O4. The summed E-state index contributed by atoms with van der Waals surface area (Å²) < 4.78 is 61.6. The number of rotatable bonds is 6. The number of fused-ring (bicyclic) bond motifs is 1. The number of alkyl carbamates (subject to hydrolysis) is 1. The number of nitrogens with one attached hydrogen (secondary N) is 3. The number of nitrogens with zero attached hydrogens (tertiary/aromatic N) is 2. The van der Waals surface area contributed by atoms with Gasteiger partial charge in [0.1, 0.15) is 23.3 Å². The van der Waals surface area contributed by atoms with Crippen LogP contribution in [0.4, 0.5) is 28.2 Å². The van der Waals surface area contributed by atoms with Gasteiger partial charge in [0.15, 0.2) is 0 Å². The maximum Gasteiger partial charge on any atom is 0.416 e. The molecule has 1 aliphatic heterocycles. The van der Waals surface area contributed by atoms with Gasteiger partial charge in [-0.15, -0.1) is 0 Å². The standard InChI is InChI=1S/C34H31F4N5O4/c1-32(2,3)47-31(46)41-33(16-17-33)27-25-24(19-12-14-22(35)15-13-19)26(39-29(44)20-8-7-9-21(18-20)34(36,37)38)30(45)40-28(25)43(42-27)23-10-5-4-6-11-23/h4-15,18,24,26H,16-17H2,1-3H3,(H,39,44)(H,40,45)(H,41,46)/t24-,26+/m1/s1. The molecule has 0 spiro atoms. The number of amides is 3. The number of halogens is 4. The molecule has 0 unspecified atom stereocenters. The van der Waals surface area contributed by atoms with Crippen LogP contribution in [0.1, 0.15) is 72.3 Å². The van der Waals surface area contributed by atoms with E-state index in [1.54, 1.807) is 45.0 Å². The molecular weight excluding hydrogens is 618 g/mol. The van der Waals surface area contributed by atoms with Gasteiger partial charge in [-0.1, -0.05) is 36.4 Å². The van der Waals surface area contributed by atoms with Crippen molar-refractivity contribution in [2.45, 2.75) is 62.9 Å². The summed E-state index contributed by atoms with van der Waals surface area (Å²) in [5.41, 5.74) is -1.24. The van der Waals surface area contributed by atoms with Crippen LogP contribution in [0.25, 0.3) is 5.69 Å². The van der Waals surface area contributed by atoms with E-state index in [-0.39, 0.29) is 11.4 Å². The minimum absolute atomic E-state index is 0.271. The highest BCUT2D eigenvalue weighted by Gasteiger charge is 2.54. The number of para-hydroxylation sites is 1. The van der Waals surface area contributed by atoms with Crippen LogP contribution in [-0.2, 0) is 21.2 Å². The summed E-state index contributed by atoms with van der Waals surface area (Å²) >= 11 is 0. The van der Waals surface area contributed by atoms with Gasteiger partial charge in [0, 0.05) is 17.0 Å². The highest BCUT2D eigenvalue weighted by atomic mass is 19.4. The smallest absolute Gasteiger partial charge is 0.416 e. The van der Waals surface area contributed by atoms with E-state index in [4.69, 9.17) is 9.84 Å². The predicted molar refractivity (Wildman–Crippen MR) is 163 cm³/mol. The number of alkyl halides is 3. The number of aromatic nitrogens is 2. The van der Waals surface area contributed by atoms with Crippen molar-refractivity contribution in [2.75, 3.05) is 5.32 Å². The molecule has 1 fully saturated rings. The molecule has 244 valence electrons. The topological polar surface area (TPSA) is 114 Å². The van der Waals surface area contributed by atoms with Gasteiger partial charge in [0.25, 0.3) is 5.91 Å². The SMILES string of the molecule is CC(C)(C)OC(=O)NC1(c2nn(-c3ccccc3)c3c2[C@@H](c2ccc(F)cc2)[C@H](NC(=O)c2cccc(C(F)(F)F)c2)C(=O)N3)CC1. The molecule has 13 heteroatoms. The molecule has 1 saturated carbocycles. The summed E-state index contributed by atoms with van der Waals surface area (Å²) in [4.78, 5) is 40.4.